The van der Waals surface area contributed by atoms with Gasteiger partial charge >= 0.3 is 5.97 Å². The Morgan fingerprint density at radius 2 is 2.17 bits per heavy atom. The highest BCUT2D eigenvalue weighted by Crippen LogP contribution is 2.49. The molecule has 0 bridgehead atoms. The molecule has 0 radical (unpaired) electrons. The SMILES string of the molecule is CCOC(=O)c1cnn(C)c1NC(=O)C1(c2cccc(Cl)c2)CC1. The lowest BCUT2D eigenvalue weighted by molar-refractivity contribution is -0.118. The molecule has 1 aliphatic rings. The first kappa shape index (κ1) is 16.5. The van der Waals surface area contributed by atoms with E-state index in [2.05, 4.69) is 10.4 Å². The number of benzene rings is 1. The Hall–Kier alpha value is -2.34. The maximum atomic E-state index is 12.8. The zero-order chi connectivity index (χ0) is 17.3. The third-order valence-corrected chi connectivity index (χ3v) is 4.46. The van der Waals surface area contributed by atoms with Crippen LogP contribution >= 0.6 is 11.6 Å². The van der Waals surface area contributed by atoms with Gasteiger partial charge in [-0.15, -0.1) is 0 Å². The lowest BCUT2D eigenvalue weighted by Crippen LogP contribution is -2.29. The van der Waals surface area contributed by atoms with Gasteiger partial charge in [0.15, 0.2) is 0 Å². The second-order valence-electron chi connectivity index (χ2n) is 5.80. The first-order valence-corrected chi connectivity index (χ1v) is 8.12. The van der Waals surface area contributed by atoms with Crippen molar-refractivity contribution in [3.05, 3.63) is 46.6 Å². The van der Waals surface area contributed by atoms with E-state index in [1.165, 1.54) is 10.9 Å². The number of carbonyl (C=O) groups is 2. The van der Waals surface area contributed by atoms with E-state index < -0.39 is 11.4 Å². The molecule has 1 aromatic heterocycles. The average molecular weight is 348 g/mol. The highest BCUT2D eigenvalue weighted by molar-refractivity contribution is 6.30. The van der Waals surface area contributed by atoms with Crippen molar-refractivity contribution in [2.75, 3.05) is 11.9 Å². The smallest absolute Gasteiger partial charge is 0.343 e. The van der Waals surface area contributed by atoms with Crippen LogP contribution in [0.5, 0.6) is 0 Å². The molecule has 0 atom stereocenters. The molecule has 1 heterocycles. The van der Waals surface area contributed by atoms with Gasteiger partial charge in [0.1, 0.15) is 11.4 Å². The molecule has 2 aromatic rings. The monoisotopic (exact) mass is 347 g/mol. The third kappa shape index (κ3) is 2.89. The minimum absolute atomic E-state index is 0.168. The number of hydrogen-bond donors (Lipinski definition) is 1. The Morgan fingerprint density at radius 3 is 2.79 bits per heavy atom. The molecule has 1 saturated carbocycles. The first-order valence-electron chi connectivity index (χ1n) is 7.74. The molecule has 0 aliphatic heterocycles. The lowest BCUT2D eigenvalue weighted by Gasteiger charge is -2.17. The van der Waals surface area contributed by atoms with Gasteiger partial charge in [0.25, 0.3) is 0 Å². The predicted molar refractivity (Wildman–Crippen MR) is 90.2 cm³/mol. The summed E-state index contributed by atoms with van der Waals surface area (Å²) in [4.78, 5) is 24.8. The number of aromatic nitrogens is 2. The Labute approximate surface area is 144 Å². The molecule has 7 heteroatoms. The van der Waals surface area contributed by atoms with Gasteiger partial charge < -0.3 is 10.1 Å². The Balaban J connectivity index is 1.86. The number of ether oxygens (including phenoxy) is 1. The molecule has 24 heavy (non-hydrogen) atoms. The van der Waals surface area contributed by atoms with Gasteiger partial charge in [-0.05, 0) is 37.5 Å². The van der Waals surface area contributed by atoms with Crippen LogP contribution in [0.3, 0.4) is 0 Å². The van der Waals surface area contributed by atoms with E-state index in [1.54, 1.807) is 20.0 Å². The van der Waals surface area contributed by atoms with E-state index in [-0.39, 0.29) is 18.1 Å². The fourth-order valence-corrected chi connectivity index (χ4v) is 2.92. The molecule has 6 nitrogen and oxygen atoms in total. The summed E-state index contributed by atoms with van der Waals surface area (Å²) in [6.07, 6.45) is 2.88. The molecule has 0 saturated heterocycles. The van der Waals surface area contributed by atoms with Crippen LogP contribution in [0.1, 0.15) is 35.7 Å². The number of aryl methyl sites for hydroxylation is 1. The number of amides is 1. The van der Waals surface area contributed by atoms with Gasteiger partial charge in [0.2, 0.25) is 5.91 Å². The van der Waals surface area contributed by atoms with Crippen LogP contribution in [0.15, 0.2) is 30.5 Å². The fraction of sp³-hybridized carbons (Fsp3) is 0.353. The van der Waals surface area contributed by atoms with Gasteiger partial charge in [0, 0.05) is 12.1 Å². The summed E-state index contributed by atoms with van der Waals surface area (Å²) in [6, 6.07) is 7.32. The van der Waals surface area contributed by atoms with E-state index in [0.717, 1.165) is 18.4 Å². The van der Waals surface area contributed by atoms with Crippen LogP contribution in [0.25, 0.3) is 0 Å². The van der Waals surface area contributed by atoms with E-state index >= 15 is 0 Å². The van der Waals surface area contributed by atoms with Crippen molar-refractivity contribution >= 4 is 29.3 Å². The van der Waals surface area contributed by atoms with Crippen LogP contribution in [-0.2, 0) is 22.0 Å². The molecule has 1 N–H and O–H groups in total. The van der Waals surface area contributed by atoms with Crippen molar-refractivity contribution < 1.29 is 14.3 Å². The fourth-order valence-electron chi connectivity index (χ4n) is 2.73. The van der Waals surface area contributed by atoms with Crippen LogP contribution in [0, 0.1) is 0 Å². The zero-order valence-corrected chi connectivity index (χ0v) is 14.3. The van der Waals surface area contributed by atoms with E-state index in [9.17, 15) is 9.59 Å². The maximum Gasteiger partial charge on any atom is 0.343 e. The van der Waals surface area contributed by atoms with Crippen molar-refractivity contribution in [3.63, 3.8) is 0 Å². The molecule has 3 rings (SSSR count). The minimum atomic E-state index is -0.596. The van der Waals surface area contributed by atoms with Crippen molar-refractivity contribution in [3.8, 4) is 0 Å². The zero-order valence-electron chi connectivity index (χ0n) is 13.5. The lowest BCUT2D eigenvalue weighted by atomic mass is 9.95. The van der Waals surface area contributed by atoms with Crippen molar-refractivity contribution in [1.29, 1.82) is 0 Å². The maximum absolute atomic E-state index is 12.8. The molecular formula is C17H18ClN3O3. The summed E-state index contributed by atoms with van der Waals surface area (Å²) in [6.45, 7) is 1.98. The van der Waals surface area contributed by atoms with Gasteiger partial charge in [-0.3, -0.25) is 9.48 Å². The number of esters is 1. The molecule has 0 unspecified atom stereocenters. The number of carbonyl (C=O) groups excluding carboxylic acids is 2. The van der Waals surface area contributed by atoms with Crippen LogP contribution in [0.2, 0.25) is 5.02 Å². The molecule has 0 spiro atoms. The van der Waals surface area contributed by atoms with Gasteiger partial charge in [-0.25, -0.2) is 4.79 Å². The second-order valence-corrected chi connectivity index (χ2v) is 6.23. The second kappa shape index (κ2) is 6.28. The molecular weight excluding hydrogens is 330 g/mol. The number of hydrogen-bond acceptors (Lipinski definition) is 4. The van der Waals surface area contributed by atoms with Gasteiger partial charge in [-0.2, -0.15) is 5.10 Å². The summed E-state index contributed by atoms with van der Waals surface area (Å²) < 4.78 is 6.46. The van der Waals surface area contributed by atoms with Crippen molar-refractivity contribution in [2.45, 2.75) is 25.2 Å². The number of anilines is 1. The van der Waals surface area contributed by atoms with E-state index in [4.69, 9.17) is 16.3 Å². The molecule has 126 valence electrons. The van der Waals surface area contributed by atoms with Gasteiger partial charge in [-0.1, -0.05) is 23.7 Å². The Bertz CT molecular complexity index is 796. The van der Waals surface area contributed by atoms with Gasteiger partial charge in [0.05, 0.1) is 18.2 Å². The Morgan fingerprint density at radius 1 is 1.42 bits per heavy atom. The van der Waals surface area contributed by atoms with Crippen LogP contribution in [0.4, 0.5) is 5.82 Å². The number of nitrogens with zero attached hydrogens (tertiary/aromatic N) is 2. The average Bonchev–Trinajstić information content (AvgIpc) is 3.29. The molecule has 1 fully saturated rings. The highest BCUT2D eigenvalue weighted by Gasteiger charge is 2.51. The third-order valence-electron chi connectivity index (χ3n) is 4.23. The Kier molecular flexibility index (Phi) is 4.32. The normalized spacial score (nSPS) is 15.0. The largest absolute Gasteiger partial charge is 0.462 e. The number of rotatable bonds is 5. The summed E-state index contributed by atoms with van der Waals surface area (Å²) in [5.41, 5.74) is 0.531. The molecule has 1 amide bonds. The standard InChI is InChI=1S/C17H18ClN3O3/c1-3-24-15(22)13-10-19-21(2)14(13)20-16(23)17(7-8-17)11-5-4-6-12(18)9-11/h4-6,9-10H,3,7-8H2,1-2H3,(H,20,23). The van der Waals surface area contributed by atoms with Crippen molar-refractivity contribution in [2.24, 2.45) is 7.05 Å². The topological polar surface area (TPSA) is 73.2 Å². The molecule has 1 aromatic carbocycles. The number of halogens is 1. The van der Waals surface area contributed by atoms with E-state index in [0.29, 0.717) is 10.8 Å². The summed E-state index contributed by atoms with van der Waals surface area (Å²) in [5.74, 6) is -0.334. The molecule has 1 aliphatic carbocycles. The summed E-state index contributed by atoms with van der Waals surface area (Å²) in [5, 5.41) is 7.48. The first-order chi connectivity index (χ1) is 11.5. The summed E-state index contributed by atoms with van der Waals surface area (Å²) in [7, 11) is 1.66. The van der Waals surface area contributed by atoms with Crippen LogP contribution in [-0.4, -0.2) is 28.3 Å². The van der Waals surface area contributed by atoms with Crippen molar-refractivity contribution in [1.82, 2.24) is 9.78 Å². The minimum Gasteiger partial charge on any atom is -0.462 e. The number of nitrogens with one attached hydrogen (secondary N) is 1. The summed E-state index contributed by atoms with van der Waals surface area (Å²) >= 11 is 6.05. The quantitative estimate of drug-likeness (QED) is 0.844. The highest BCUT2D eigenvalue weighted by atomic mass is 35.5. The van der Waals surface area contributed by atoms with Crippen LogP contribution < -0.4 is 5.32 Å². The predicted octanol–water partition coefficient (Wildman–Crippen LogP) is 2.92. The van der Waals surface area contributed by atoms with E-state index in [1.807, 2.05) is 18.2 Å².